The van der Waals surface area contributed by atoms with Crippen molar-refractivity contribution in [1.82, 2.24) is 10.6 Å². The van der Waals surface area contributed by atoms with Crippen LogP contribution in [0.1, 0.15) is 16.7 Å². The second-order valence-electron chi connectivity index (χ2n) is 5.69. The molecule has 0 aliphatic rings. The van der Waals surface area contributed by atoms with Gasteiger partial charge in [0.05, 0.1) is 6.26 Å². The van der Waals surface area contributed by atoms with Crippen LogP contribution in [-0.4, -0.2) is 20.7 Å². The predicted octanol–water partition coefficient (Wildman–Crippen LogP) is 2.51. The maximum atomic E-state index is 13.2. The first kappa shape index (κ1) is 18.7. The van der Waals surface area contributed by atoms with Gasteiger partial charge in [-0.3, -0.25) is 4.72 Å². The molecule has 0 aliphatic heterocycles. The van der Waals surface area contributed by atoms with Crippen molar-refractivity contribution in [3.05, 3.63) is 65.0 Å². The summed E-state index contributed by atoms with van der Waals surface area (Å²) >= 11 is 0. The molecule has 2 aromatic carbocycles. The minimum atomic E-state index is -3.35. The molecule has 134 valence electrons. The lowest BCUT2D eigenvalue weighted by Crippen LogP contribution is -2.34. The molecule has 0 heterocycles. The van der Waals surface area contributed by atoms with Gasteiger partial charge >= 0.3 is 6.03 Å². The third-order valence-electron chi connectivity index (χ3n) is 3.36. The molecule has 6 nitrogen and oxygen atoms in total. The number of hydrogen-bond donors (Lipinski definition) is 3. The summed E-state index contributed by atoms with van der Waals surface area (Å²) in [5.41, 5.74) is 2.51. The first-order valence-electron chi connectivity index (χ1n) is 7.56. The number of sulfonamides is 1. The Balaban J connectivity index is 1.85. The number of halogens is 1. The van der Waals surface area contributed by atoms with Crippen molar-refractivity contribution < 1.29 is 17.6 Å². The maximum Gasteiger partial charge on any atom is 0.315 e. The summed E-state index contributed by atoms with van der Waals surface area (Å²) in [6, 6.07) is 11.0. The third-order valence-corrected chi connectivity index (χ3v) is 3.97. The van der Waals surface area contributed by atoms with Crippen LogP contribution in [0.5, 0.6) is 0 Å². The van der Waals surface area contributed by atoms with Gasteiger partial charge in [0.15, 0.2) is 0 Å². The summed E-state index contributed by atoms with van der Waals surface area (Å²) in [6.07, 6.45) is 1.07. The van der Waals surface area contributed by atoms with Crippen LogP contribution in [0.4, 0.5) is 14.9 Å². The summed E-state index contributed by atoms with van der Waals surface area (Å²) < 4.78 is 38.0. The van der Waals surface area contributed by atoms with E-state index in [0.29, 0.717) is 11.3 Å². The highest BCUT2D eigenvalue weighted by molar-refractivity contribution is 7.92. The molecule has 0 saturated heterocycles. The van der Waals surface area contributed by atoms with Crippen molar-refractivity contribution in [3.8, 4) is 0 Å². The quantitative estimate of drug-likeness (QED) is 0.735. The highest BCUT2D eigenvalue weighted by Gasteiger charge is 2.05. The van der Waals surface area contributed by atoms with Gasteiger partial charge in [-0.1, -0.05) is 24.3 Å². The van der Waals surface area contributed by atoms with Gasteiger partial charge in [0.25, 0.3) is 0 Å². The van der Waals surface area contributed by atoms with Crippen molar-refractivity contribution in [1.29, 1.82) is 0 Å². The largest absolute Gasteiger partial charge is 0.334 e. The standard InChI is InChI=1S/C17H20FN3O3S/c1-12-8-14(6-7-16(12)18)11-20-17(22)19-10-13-4-3-5-15(9-13)21-25(2,23)24/h3-9,21H,10-11H2,1-2H3,(H2,19,20,22). The normalized spacial score (nSPS) is 11.0. The molecule has 0 fully saturated rings. The van der Waals surface area contributed by atoms with Gasteiger partial charge in [-0.2, -0.15) is 0 Å². The third kappa shape index (κ3) is 6.42. The molecular weight excluding hydrogens is 345 g/mol. The Morgan fingerprint density at radius 3 is 2.28 bits per heavy atom. The second kappa shape index (κ2) is 7.98. The van der Waals surface area contributed by atoms with Crippen LogP contribution in [0.3, 0.4) is 0 Å². The Kier molecular flexibility index (Phi) is 5.97. The number of carbonyl (C=O) groups is 1. The van der Waals surface area contributed by atoms with Crippen molar-refractivity contribution in [3.63, 3.8) is 0 Å². The average molecular weight is 365 g/mol. The zero-order valence-electron chi connectivity index (χ0n) is 14.0. The van der Waals surface area contributed by atoms with Crippen molar-refractivity contribution in [2.45, 2.75) is 20.0 Å². The van der Waals surface area contributed by atoms with Crippen LogP contribution in [0.25, 0.3) is 0 Å². The summed E-state index contributed by atoms with van der Waals surface area (Å²) in [5.74, 6) is -0.282. The molecular formula is C17H20FN3O3S. The summed E-state index contributed by atoms with van der Waals surface area (Å²) in [5, 5.41) is 5.37. The predicted molar refractivity (Wildman–Crippen MR) is 95.1 cm³/mol. The smallest absolute Gasteiger partial charge is 0.315 e. The number of anilines is 1. The summed E-state index contributed by atoms with van der Waals surface area (Å²) in [4.78, 5) is 11.8. The molecule has 25 heavy (non-hydrogen) atoms. The lowest BCUT2D eigenvalue weighted by atomic mass is 10.1. The van der Waals surface area contributed by atoms with E-state index in [9.17, 15) is 17.6 Å². The van der Waals surface area contributed by atoms with Crippen LogP contribution in [-0.2, 0) is 23.1 Å². The number of benzene rings is 2. The van der Waals surface area contributed by atoms with Crippen molar-refractivity contribution in [2.75, 3.05) is 11.0 Å². The van der Waals surface area contributed by atoms with Gasteiger partial charge in [-0.15, -0.1) is 0 Å². The minimum absolute atomic E-state index is 0.244. The second-order valence-corrected chi connectivity index (χ2v) is 7.44. The highest BCUT2D eigenvalue weighted by atomic mass is 32.2. The molecule has 0 atom stereocenters. The van der Waals surface area contributed by atoms with Crippen LogP contribution in [0.15, 0.2) is 42.5 Å². The molecule has 0 saturated carbocycles. The van der Waals surface area contributed by atoms with Gasteiger partial charge in [-0.25, -0.2) is 17.6 Å². The molecule has 2 rings (SSSR count). The topological polar surface area (TPSA) is 87.3 Å². The number of hydrogen-bond acceptors (Lipinski definition) is 3. The van der Waals surface area contributed by atoms with Crippen LogP contribution >= 0.6 is 0 Å². The monoisotopic (exact) mass is 365 g/mol. The van der Waals surface area contributed by atoms with E-state index in [-0.39, 0.29) is 24.9 Å². The van der Waals surface area contributed by atoms with Gasteiger partial charge in [0.1, 0.15) is 5.82 Å². The zero-order chi connectivity index (χ0) is 18.4. The van der Waals surface area contributed by atoms with E-state index >= 15 is 0 Å². The number of nitrogens with one attached hydrogen (secondary N) is 3. The SMILES string of the molecule is Cc1cc(CNC(=O)NCc2cccc(NS(C)(=O)=O)c2)ccc1F. The Hall–Kier alpha value is -2.61. The average Bonchev–Trinajstić information content (AvgIpc) is 2.53. The molecule has 3 N–H and O–H groups in total. The fourth-order valence-electron chi connectivity index (χ4n) is 2.20. The Bertz CT molecular complexity index is 869. The number of aryl methyl sites for hydroxylation is 1. The van der Waals surface area contributed by atoms with Gasteiger partial charge < -0.3 is 10.6 Å². The first-order valence-corrected chi connectivity index (χ1v) is 9.45. The molecule has 0 radical (unpaired) electrons. The molecule has 0 unspecified atom stereocenters. The van der Waals surface area contributed by atoms with Crippen LogP contribution in [0, 0.1) is 12.7 Å². The Morgan fingerprint density at radius 1 is 1.04 bits per heavy atom. The van der Waals surface area contributed by atoms with E-state index in [1.807, 2.05) is 0 Å². The Morgan fingerprint density at radius 2 is 1.68 bits per heavy atom. The van der Waals surface area contributed by atoms with E-state index in [1.165, 1.54) is 6.07 Å². The highest BCUT2D eigenvalue weighted by Crippen LogP contribution is 2.12. The Labute approximate surface area is 146 Å². The van der Waals surface area contributed by atoms with E-state index in [1.54, 1.807) is 43.3 Å². The van der Waals surface area contributed by atoms with Crippen molar-refractivity contribution >= 4 is 21.7 Å². The van der Waals surface area contributed by atoms with Gasteiger partial charge in [0.2, 0.25) is 10.0 Å². The van der Waals surface area contributed by atoms with E-state index < -0.39 is 10.0 Å². The van der Waals surface area contributed by atoms with Gasteiger partial charge in [0, 0.05) is 18.8 Å². The molecule has 0 aliphatic carbocycles. The number of amides is 2. The lowest BCUT2D eigenvalue weighted by molar-refractivity contribution is 0.240. The van der Waals surface area contributed by atoms with E-state index in [2.05, 4.69) is 15.4 Å². The summed E-state index contributed by atoms with van der Waals surface area (Å²) in [7, 11) is -3.35. The van der Waals surface area contributed by atoms with E-state index in [0.717, 1.165) is 17.4 Å². The van der Waals surface area contributed by atoms with Crippen LogP contribution in [0.2, 0.25) is 0 Å². The van der Waals surface area contributed by atoms with E-state index in [4.69, 9.17) is 0 Å². The van der Waals surface area contributed by atoms with Crippen LogP contribution < -0.4 is 15.4 Å². The molecule has 2 aromatic rings. The van der Waals surface area contributed by atoms with Crippen molar-refractivity contribution in [2.24, 2.45) is 0 Å². The lowest BCUT2D eigenvalue weighted by Gasteiger charge is -2.10. The summed E-state index contributed by atoms with van der Waals surface area (Å²) in [6.45, 7) is 2.19. The maximum absolute atomic E-state index is 13.2. The molecule has 0 bridgehead atoms. The minimum Gasteiger partial charge on any atom is -0.334 e. The molecule has 0 spiro atoms. The molecule has 2 amide bonds. The number of rotatable bonds is 6. The fraction of sp³-hybridized carbons (Fsp3) is 0.235. The van der Waals surface area contributed by atoms with Gasteiger partial charge in [-0.05, 0) is 41.8 Å². The molecule has 8 heteroatoms. The zero-order valence-corrected chi connectivity index (χ0v) is 14.8. The fourth-order valence-corrected chi connectivity index (χ4v) is 2.76. The number of carbonyl (C=O) groups excluding carboxylic acids is 1. The number of urea groups is 1. The molecule has 0 aromatic heterocycles. The first-order chi connectivity index (χ1) is 11.7.